The van der Waals surface area contributed by atoms with Crippen molar-refractivity contribution in [1.29, 1.82) is 0 Å². The number of benzene rings is 1. The number of nitrogens with one attached hydrogen (secondary N) is 2. The molecule has 148 valence electrons. The number of aromatic nitrogens is 3. The number of hydrogen-bond donors (Lipinski definition) is 2. The third-order valence-corrected chi connectivity index (χ3v) is 6.79. The first-order valence-electron chi connectivity index (χ1n) is 10.5. The molecule has 0 saturated carbocycles. The van der Waals surface area contributed by atoms with Gasteiger partial charge < -0.3 is 15.0 Å². The number of aromatic amines is 1. The average molecular weight is 387 g/mol. The van der Waals surface area contributed by atoms with Gasteiger partial charge >= 0.3 is 0 Å². The molecule has 3 aliphatic heterocycles. The van der Waals surface area contributed by atoms with Crippen LogP contribution in [0.3, 0.4) is 0 Å². The van der Waals surface area contributed by atoms with Gasteiger partial charge in [0.1, 0.15) is 12.4 Å². The molecule has 29 heavy (non-hydrogen) atoms. The summed E-state index contributed by atoms with van der Waals surface area (Å²) in [5.74, 6) is 1.75. The largest absolute Gasteiger partial charge is 0.472 e. The van der Waals surface area contributed by atoms with Crippen molar-refractivity contribution in [2.75, 3.05) is 11.9 Å². The number of H-pyrrole nitrogens is 1. The van der Waals surface area contributed by atoms with Gasteiger partial charge in [0.05, 0.1) is 6.20 Å². The highest BCUT2D eigenvalue weighted by atomic mass is 16.5. The predicted molar refractivity (Wildman–Crippen MR) is 113 cm³/mol. The van der Waals surface area contributed by atoms with Crippen molar-refractivity contribution in [3.63, 3.8) is 0 Å². The van der Waals surface area contributed by atoms with E-state index in [2.05, 4.69) is 57.8 Å². The molecule has 2 N–H and O–H groups in total. The molecule has 2 bridgehead atoms. The number of pyridine rings is 1. The van der Waals surface area contributed by atoms with Gasteiger partial charge in [-0.15, -0.1) is 0 Å². The Hall–Kier alpha value is -2.86. The molecule has 3 aliphatic rings. The highest BCUT2D eigenvalue weighted by Gasteiger charge is 2.35. The van der Waals surface area contributed by atoms with Crippen molar-refractivity contribution in [1.82, 2.24) is 20.5 Å². The van der Waals surface area contributed by atoms with Crippen molar-refractivity contribution in [3.8, 4) is 28.1 Å². The smallest absolute Gasteiger partial charge is 0.223 e. The minimum atomic E-state index is 0.547. The zero-order chi connectivity index (χ0) is 19.4. The normalized spacial score (nSPS) is 24.5. The summed E-state index contributed by atoms with van der Waals surface area (Å²) in [4.78, 5) is 7.25. The molecule has 1 aromatic carbocycles. The van der Waals surface area contributed by atoms with E-state index >= 15 is 0 Å². The number of piperidine rings is 1. The summed E-state index contributed by atoms with van der Waals surface area (Å²) in [6.45, 7) is 0.547. The quantitative estimate of drug-likeness (QED) is 0.717. The number of nitrogens with zero attached hydrogens (tertiary/aromatic N) is 3. The number of fused-ring (bicyclic) bond motifs is 5. The van der Waals surface area contributed by atoms with E-state index in [9.17, 15) is 0 Å². The Kier molecular flexibility index (Phi) is 3.87. The highest BCUT2D eigenvalue weighted by molar-refractivity contribution is 5.78. The molecule has 5 heterocycles. The third-order valence-electron chi connectivity index (χ3n) is 6.79. The second kappa shape index (κ2) is 6.59. The highest BCUT2D eigenvalue weighted by Crippen LogP contribution is 2.40. The Morgan fingerprint density at radius 1 is 1.03 bits per heavy atom. The summed E-state index contributed by atoms with van der Waals surface area (Å²) < 4.78 is 6.08. The van der Waals surface area contributed by atoms with Crippen molar-refractivity contribution in [2.24, 2.45) is 0 Å². The van der Waals surface area contributed by atoms with Crippen LogP contribution in [0.15, 0.2) is 42.7 Å². The number of ether oxygens (including phenoxy) is 1. The van der Waals surface area contributed by atoms with E-state index in [4.69, 9.17) is 9.72 Å². The predicted octanol–water partition coefficient (Wildman–Crippen LogP) is 3.75. The minimum Gasteiger partial charge on any atom is -0.472 e. The van der Waals surface area contributed by atoms with Crippen LogP contribution in [0.1, 0.15) is 31.2 Å². The van der Waals surface area contributed by atoms with E-state index in [0.717, 1.165) is 28.4 Å². The van der Waals surface area contributed by atoms with Crippen molar-refractivity contribution < 1.29 is 4.74 Å². The zero-order valence-electron chi connectivity index (χ0n) is 16.6. The second-order valence-electron chi connectivity index (χ2n) is 8.54. The lowest BCUT2D eigenvalue weighted by atomic mass is 9.95. The summed E-state index contributed by atoms with van der Waals surface area (Å²) in [7, 11) is 2.18. The number of anilines is 1. The molecular weight excluding hydrogens is 362 g/mol. The Labute approximate surface area is 170 Å². The van der Waals surface area contributed by atoms with E-state index in [1.165, 1.54) is 36.8 Å². The molecule has 1 unspecified atom stereocenters. The van der Waals surface area contributed by atoms with Crippen LogP contribution in [-0.4, -0.2) is 40.4 Å². The summed E-state index contributed by atoms with van der Waals surface area (Å²) in [6, 6.07) is 12.7. The van der Waals surface area contributed by atoms with Crippen LogP contribution in [-0.2, 0) is 6.61 Å². The van der Waals surface area contributed by atoms with E-state index in [1.807, 2.05) is 12.4 Å². The average Bonchev–Trinajstić information content (AvgIpc) is 3.42. The maximum Gasteiger partial charge on any atom is 0.223 e. The minimum absolute atomic E-state index is 0.547. The zero-order valence-corrected chi connectivity index (χ0v) is 16.6. The summed E-state index contributed by atoms with van der Waals surface area (Å²) in [5.41, 5.74) is 5.71. The Bertz CT molecular complexity index is 1040. The molecule has 0 spiro atoms. The molecule has 0 radical (unpaired) electrons. The molecule has 2 fully saturated rings. The fourth-order valence-electron chi connectivity index (χ4n) is 5.18. The van der Waals surface area contributed by atoms with Gasteiger partial charge in [0.25, 0.3) is 0 Å². The van der Waals surface area contributed by atoms with Gasteiger partial charge in [0.15, 0.2) is 0 Å². The first-order chi connectivity index (χ1) is 14.2. The van der Waals surface area contributed by atoms with Gasteiger partial charge in [0.2, 0.25) is 5.88 Å². The maximum absolute atomic E-state index is 6.08. The first kappa shape index (κ1) is 17.0. The van der Waals surface area contributed by atoms with Gasteiger partial charge in [-0.3, -0.25) is 5.10 Å². The summed E-state index contributed by atoms with van der Waals surface area (Å²) >= 11 is 0. The molecule has 0 aliphatic carbocycles. The third kappa shape index (κ3) is 2.90. The maximum atomic E-state index is 6.08. The monoisotopic (exact) mass is 387 g/mol. The van der Waals surface area contributed by atoms with Gasteiger partial charge in [-0.05, 0) is 60.6 Å². The lowest BCUT2D eigenvalue weighted by Crippen LogP contribution is -2.47. The van der Waals surface area contributed by atoms with Crippen LogP contribution in [0.5, 0.6) is 5.88 Å². The van der Waals surface area contributed by atoms with Crippen LogP contribution in [0.2, 0.25) is 0 Å². The molecule has 3 atom stereocenters. The Morgan fingerprint density at radius 2 is 1.86 bits per heavy atom. The van der Waals surface area contributed by atoms with Crippen LogP contribution in [0.4, 0.5) is 5.82 Å². The van der Waals surface area contributed by atoms with Crippen molar-refractivity contribution in [3.05, 3.63) is 48.3 Å². The molecule has 6 rings (SSSR count). The summed E-state index contributed by atoms with van der Waals surface area (Å²) in [5, 5.41) is 10.7. The van der Waals surface area contributed by atoms with Gasteiger partial charge in [-0.2, -0.15) is 10.1 Å². The van der Waals surface area contributed by atoms with Crippen LogP contribution >= 0.6 is 0 Å². The lowest BCUT2D eigenvalue weighted by molar-refractivity contribution is 0.289. The Balaban J connectivity index is 1.29. The fourth-order valence-corrected chi connectivity index (χ4v) is 5.18. The molecule has 0 amide bonds. The summed E-state index contributed by atoms with van der Waals surface area (Å²) in [6.07, 6.45) is 8.78. The molecule has 6 nitrogen and oxygen atoms in total. The number of rotatable bonds is 3. The molecule has 2 saturated heterocycles. The molecule has 2 aromatic heterocycles. The first-order valence-corrected chi connectivity index (χ1v) is 10.5. The van der Waals surface area contributed by atoms with Crippen LogP contribution in [0, 0.1) is 0 Å². The van der Waals surface area contributed by atoms with Crippen LogP contribution < -0.4 is 15.0 Å². The topological polar surface area (TPSA) is 66.1 Å². The fraction of sp³-hybridized carbons (Fsp3) is 0.391. The lowest BCUT2D eigenvalue weighted by Gasteiger charge is -2.36. The van der Waals surface area contributed by atoms with Gasteiger partial charge in [-0.1, -0.05) is 12.1 Å². The van der Waals surface area contributed by atoms with E-state index in [-0.39, 0.29) is 0 Å². The van der Waals surface area contributed by atoms with E-state index in [1.54, 1.807) is 0 Å². The second-order valence-corrected chi connectivity index (χ2v) is 8.54. The molecule has 3 aromatic rings. The van der Waals surface area contributed by atoms with E-state index in [0.29, 0.717) is 24.7 Å². The van der Waals surface area contributed by atoms with Crippen molar-refractivity contribution in [2.45, 2.75) is 50.4 Å². The van der Waals surface area contributed by atoms with E-state index < -0.39 is 0 Å². The van der Waals surface area contributed by atoms with Crippen LogP contribution in [0.25, 0.3) is 22.3 Å². The van der Waals surface area contributed by atoms with Gasteiger partial charge in [-0.25, -0.2) is 0 Å². The molecule has 6 heteroatoms. The Morgan fingerprint density at radius 3 is 2.66 bits per heavy atom. The van der Waals surface area contributed by atoms with Gasteiger partial charge in [0, 0.05) is 42.5 Å². The number of hydrogen-bond acceptors (Lipinski definition) is 5. The molecular formula is C23H25N5O. The van der Waals surface area contributed by atoms with Crippen molar-refractivity contribution >= 4 is 5.82 Å². The standard InChI is InChI=1S/C23H25N5O/c1-28(19-9-17-3-4-18(10-19)26-17)22-7-6-21-20-5-2-14(16-11-24-25-12-16)8-15(20)13-29-23(21)27-22/h2,5-8,11-12,17-19,26H,3-4,9-10,13H2,1H3,(H,24,25)/t17-,18+,19?. The SMILES string of the molecule is CN(c1ccc2c(n1)OCc1cc(-c3cn[nH]c3)ccc1-2)C1C[C@H]2CC[C@@H](C1)N2.